The second-order valence-electron chi connectivity index (χ2n) is 4.03. The molecule has 1 amide bonds. The van der Waals surface area contributed by atoms with E-state index in [1.165, 1.54) is 24.1 Å². The number of likely N-dealkylation sites (N-methyl/N-ethyl adjacent to an activating group) is 1. The third kappa shape index (κ3) is 4.44. The first-order valence-electron chi connectivity index (χ1n) is 5.78. The molecule has 0 saturated carbocycles. The van der Waals surface area contributed by atoms with E-state index in [9.17, 15) is 9.59 Å². The molecule has 7 heteroatoms. The van der Waals surface area contributed by atoms with Crippen molar-refractivity contribution in [2.24, 2.45) is 0 Å². The van der Waals surface area contributed by atoms with Crippen molar-refractivity contribution < 1.29 is 14.3 Å². The van der Waals surface area contributed by atoms with E-state index in [0.717, 1.165) is 0 Å². The van der Waals surface area contributed by atoms with Gasteiger partial charge in [-0.25, -0.2) is 4.79 Å². The van der Waals surface area contributed by atoms with Gasteiger partial charge in [0.1, 0.15) is 0 Å². The van der Waals surface area contributed by atoms with Crippen LogP contribution < -0.4 is 5.73 Å². The quantitative estimate of drug-likeness (QED) is 0.655. The summed E-state index contributed by atoms with van der Waals surface area (Å²) >= 11 is 5.76. The molecule has 0 aliphatic heterocycles. The van der Waals surface area contributed by atoms with Crippen molar-refractivity contribution in [3.8, 4) is 6.07 Å². The number of benzene rings is 1. The molecule has 0 saturated heterocycles. The highest BCUT2D eigenvalue weighted by molar-refractivity contribution is 6.31. The third-order valence-electron chi connectivity index (χ3n) is 2.55. The van der Waals surface area contributed by atoms with Crippen LogP contribution in [0, 0.1) is 11.3 Å². The number of ether oxygens (including phenoxy) is 1. The van der Waals surface area contributed by atoms with Gasteiger partial charge < -0.3 is 15.4 Å². The van der Waals surface area contributed by atoms with Gasteiger partial charge in [-0.1, -0.05) is 11.6 Å². The standard InChI is InChI=1S/C13H14ClN3O3/c1-17(6-2-5-15)12(18)8-20-13(19)10-7-9(14)3-4-11(10)16/h3-4,7H,2,6,8,16H2,1H3. The maximum absolute atomic E-state index is 11.8. The van der Waals surface area contributed by atoms with Gasteiger partial charge in [0.25, 0.3) is 5.91 Å². The summed E-state index contributed by atoms with van der Waals surface area (Å²) in [5, 5.41) is 8.77. The van der Waals surface area contributed by atoms with Crippen LogP contribution >= 0.6 is 11.6 Å². The summed E-state index contributed by atoms with van der Waals surface area (Å²) < 4.78 is 4.88. The summed E-state index contributed by atoms with van der Waals surface area (Å²) in [5.41, 5.74) is 5.97. The first-order chi connectivity index (χ1) is 9.45. The van der Waals surface area contributed by atoms with E-state index in [2.05, 4.69) is 0 Å². The Bertz CT molecular complexity index is 554. The monoisotopic (exact) mass is 295 g/mol. The van der Waals surface area contributed by atoms with Crippen molar-refractivity contribution in [2.75, 3.05) is 25.9 Å². The highest BCUT2D eigenvalue weighted by atomic mass is 35.5. The van der Waals surface area contributed by atoms with Gasteiger partial charge >= 0.3 is 5.97 Å². The molecule has 6 nitrogen and oxygen atoms in total. The smallest absolute Gasteiger partial charge is 0.340 e. The zero-order valence-electron chi connectivity index (χ0n) is 10.9. The molecule has 0 atom stereocenters. The minimum Gasteiger partial charge on any atom is -0.452 e. The van der Waals surface area contributed by atoms with Crippen LogP contribution in [-0.2, 0) is 9.53 Å². The van der Waals surface area contributed by atoms with Gasteiger partial charge in [0.15, 0.2) is 6.61 Å². The van der Waals surface area contributed by atoms with Gasteiger partial charge in [0.05, 0.1) is 18.1 Å². The fourth-order valence-corrected chi connectivity index (χ4v) is 1.54. The van der Waals surface area contributed by atoms with Gasteiger partial charge in [-0.2, -0.15) is 5.26 Å². The van der Waals surface area contributed by atoms with Crippen LogP contribution in [0.5, 0.6) is 0 Å². The molecule has 0 fully saturated rings. The lowest BCUT2D eigenvalue weighted by atomic mass is 10.2. The van der Waals surface area contributed by atoms with E-state index < -0.39 is 18.5 Å². The summed E-state index contributed by atoms with van der Waals surface area (Å²) in [5.74, 6) is -1.11. The van der Waals surface area contributed by atoms with Crippen molar-refractivity contribution in [2.45, 2.75) is 6.42 Å². The molecule has 0 bridgehead atoms. The summed E-state index contributed by atoms with van der Waals surface area (Å²) in [6.07, 6.45) is 0.220. The van der Waals surface area contributed by atoms with E-state index in [0.29, 0.717) is 5.02 Å². The molecule has 1 rings (SSSR count). The van der Waals surface area contributed by atoms with Crippen LogP contribution in [-0.4, -0.2) is 37.0 Å². The topological polar surface area (TPSA) is 96.4 Å². The molecular formula is C13H14ClN3O3. The summed E-state index contributed by atoms with van der Waals surface area (Å²) in [6, 6.07) is 6.34. The van der Waals surface area contributed by atoms with Crippen LogP contribution in [0.2, 0.25) is 5.02 Å². The molecule has 106 valence electrons. The Labute approximate surface area is 121 Å². The number of halogens is 1. The SMILES string of the molecule is CN(CCC#N)C(=O)COC(=O)c1cc(Cl)ccc1N. The predicted octanol–water partition coefficient (Wildman–Crippen LogP) is 1.45. The number of anilines is 1. The van der Waals surface area contributed by atoms with Crippen LogP contribution in [0.1, 0.15) is 16.8 Å². The Morgan fingerprint density at radius 1 is 1.50 bits per heavy atom. The minimum absolute atomic E-state index is 0.116. The first-order valence-corrected chi connectivity index (χ1v) is 6.16. The number of hydrogen-bond acceptors (Lipinski definition) is 5. The molecule has 0 aliphatic carbocycles. The Morgan fingerprint density at radius 3 is 2.85 bits per heavy atom. The maximum Gasteiger partial charge on any atom is 0.340 e. The highest BCUT2D eigenvalue weighted by Crippen LogP contribution is 2.18. The van der Waals surface area contributed by atoms with Gasteiger partial charge in [0.2, 0.25) is 0 Å². The minimum atomic E-state index is -0.716. The van der Waals surface area contributed by atoms with E-state index in [4.69, 9.17) is 27.3 Å². The van der Waals surface area contributed by atoms with Crippen molar-refractivity contribution in [1.29, 1.82) is 5.26 Å². The summed E-state index contributed by atoms with van der Waals surface area (Å²) in [4.78, 5) is 24.7. The second-order valence-corrected chi connectivity index (χ2v) is 4.47. The number of nitrogens with zero attached hydrogens (tertiary/aromatic N) is 2. The zero-order chi connectivity index (χ0) is 15.1. The normalized spacial score (nSPS) is 9.65. The number of esters is 1. The first kappa shape index (κ1) is 15.8. The van der Waals surface area contributed by atoms with Crippen molar-refractivity contribution >= 4 is 29.2 Å². The zero-order valence-corrected chi connectivity index (χ0v) is 11.7. The van der Waals surface area contributed by atoms with Crippen molar-refractivity contribution in [3.63, 3.8) is 0 Å². The lowest BCUT2D eigenvalue weighted by molar-refractivity contribution is -0.133. The number of nitrogen functional groups attached to an aromatic ring is 1. The van der Waals surface area contributed by atoms with E-state index in [-0.39, 0.29) is 24.2 Å². The number of hydrogen-bond donors (Lipinski definition) is 1. The summed E-state index contributed by atoms with van der Waals surface area (Å²) in [7, 11) is 1.53. The lowest BCUT2D eigenvalue weighted by Crippen LogP contribution is -2.32. The molecule has 0 radical (unpaired) electrons. The van der Waals surface area contributed by atoms with Gasteiger partial charge in [-0.3, -0.25) is 4.79 Å². The van der Waals surface area contributed by atoms with Crippen LogP contribution in [0.3, 0.4) is 0 Å². The Hall–Kier alpha value is -2.26. The van der Waals surface area contributed by atoms with Crippen LogP contribution in [0.4, 0.5) is 5.69 Å². The highest BCUT2D eigenvalue weighted by Gasteiger charge is 2.15. The predicted molar refractivity (Wildman–Crippen MR) is 74.0 cm³/mol. The van der Waals surface area contributed by atoms with E-state index in [1.807, 2.05) is 6.07 Å². The van der Waals surface area contributed by atoms with Crippen molar-refractivity contribution in [1.82, 2.24) is 4.90 Å². The molecule has 0 unspecified atom stereocenters. The average Bonchev–Trinajstić information content (AvgIpc) is 2.44. The summed E-state index contributed by atoms with van der Waals surface area (Å²) in [6.45, 7) is -0.126. The lowest BCUT2D eigenvalue weighted by Gasteiger charge is -2.15. The van der Waals surface area contributed by atoms with Gasteiger partial charge in [-0.15, -0.1) is 0 Å². The molecular weight excluding hydrogens is 282 g/mol. The fraction of sp³-hybridized carbons (Fsp3) is 0.308. The maximum atomic E-state index is 11.8. The number of carbonyl (C=O) groups excluding carboxylic acids is 2. The molecule has 1 aromatic carbocycles. The molecule has 0 heterocycles. The van der Waals surface area contributed by atoms with E-state index >= 15 is 0 Å². The van der Waals surface area contributed by atoms with Crippen molar-refractivity contribution in [3.05, 3.63) is 28.8 Å². The number of rotatable bonds is 5. The van der Waals surface area contributed by atoms with Gasteiger partial charge in [-0.05, 0) is 18.2 Å². The number of nitriles is 1. The molecule has 0 aliphatic rings. The number of nitrogens with two attached hydrogens (primary N) is 1. The van der Waals surface area contributed by atoms with Gasteiger partial charge in [0, 0.05) is 24.3 Å². The number of carbonyl (C=O) groups is 2. The Balaban J connectivity index is 2.57. The fourth-order valence-electron chi connectivity index (χ4n) is 1.36. The third-order valence-corrected chi connectivity index (χ3v) is 2.78. The largest absolute Gasteiger partial charge is 0.452 e. The average molecular weight is 296 g/mol. The molecule has 20 heavy (non-hydrogen) atoms. The molecule has 0 spiro atoms. The second kappa shape index (κ2) is 7.36. The van der Waals surface area contributed by atoms with E-state index in [1.54, 1.807) is 6.07 Å². The number of amides is 1. The van der Waals surface area contributed by atoms with Crippen LogP contribution in [0.25, 0.3) is 0 Å². The van der Waals surface area contributed by atoms with Crippen LogP contribution in [0.15, 0.2) is 18.2 Å². The Kier molecular flexibility index (Phi) is 5.81. The molecule has 0 aromatic heterocycles. The molecule has 1 aromatic rings. The molecule has 2 N–H and O–H groups in total. The Morgan fingerprint density at radius 2 is 2.20 bits per heavy atom.